The van der Waals surface area contributed by atoms with Crippen molar-refractivity contribution in [1.29, 1.82) is 0 Å². The number of carbonyl (C=O) groups is 1. The first kappa shape index (κ1) is 21.9. The molecule has 1 saturated heterocycles. The van der Waals surface area contributed by atoms with Gasteiger partial charge < -0.3 is 10.6 Å². The van der Waals surface area contributed by atoms with E-state index in [1.165, 1.54) is 0 Å². The molecule has 1 aromatic carbocycles. The lowest BCUT2D eigenvalue weighted by molar-refractivity contribution is 0.0788. The molecule has 0 spiro atoms. The number of halogens is 2. The highest BCUT2D eigenvalue weighted by atomic mass is 35.5. The first-order chi connectivity index (χ1) is 12.8. The highest BCUT2D eigenvalue weighted by molar-refractivity contribution is 6.00. The van der Waals surface area contributed by atoms with Gasteiger partial charge in [0.15, 0.2) is 0 Å². The van der Waals surface area contributed by atoms with E-state index in [0.29, 0.717) is 30.3 Å². The van der Waals surface area contributed by atoms with E-state index in [4.69, 9.17) is 5.73 Å². The minimum absolute atomic E-state index is 0. The van der Waals surface area contributed by atoms with Gasteiger partial charge in [-0.25, -0.2) is 4.68 Å². The lowest BCUT2D eigenvalue weighted by Gasteiger charge is -2.16. The smallest absolute Gasteiger partial charge is 0.257 e. The van der Waals surface area contributed by atoms with Gasteiger partial charge in [-0.2, -0.15) is 5.10 Å². The number of carbonyl (C=O) groups excluding carboxylic acids is 1. The molecule has 0 radical (unpaired) electrons. The van der Waals surface area contributed by atoms with E-state index in [1.54, 1.807) is 17.1 Å². The predicted molar refractivity (Wildman–Crippen MR) is 114 cm³/mol. The third-order valence-corrected chi connectivity index (χ3v) is 4.81. The lowest BCUT2D eigenvalue weighted by atomic mass is 10.1. The average molecular weight is 420 g/mol. The molecule has 0 aliphatic carbocycles. The van der Waals surface area contributed by atoms with E-state index in [9.17, 15) is 4.79 Å². The van der Waals surface area contributed by atoms with Crippen molar-refractivity contribution in [2.24, 2.45) is 11.7 Å². The summed E-state index contributed by atoms with van der Waals surface area (Å²) in [6.45, 7) is 2.06. The molecule has 8 heteroatoms. The molecule has 1 aliphatic heterocycles. The molecule has 148 valence electrons. The van der Waals surface area contributed by atoms with Gasteiger partial charge in [0.25, 0.3) is 5.91 Å². The number of nitrogens with zero attached hydrogens (tertiary/aromatic N) is 4. The molecule has 2 N–H and O–H groups in total. The van der Waals surface area contributed by atoms with E-state index in [1.807, 2.05) is 53.6 Å². The summed E-state index contributed by atoms with van der Waals surface area (Å²) in [5.41, 5.74) is 8.77. The molecule has 1 atom stereocenters. The quantitative estimate of drug-likeness (QED) is 0.703. The number of amides is 1. The van der Waals surface area contributed by atoms with E-state index in [2.05, 4.69) is 10.1 Å². The molecular formula is C20H23Cl2N5O. The summed E-state index contributed by atoms with van der Waals surface area (Å²) < 4.78 is 1.76. The van der Waals surface area contributed by atoms with Crippen molar-refractivity contribution in [2.75, 3.05) is 19.6 Å². The molecule has 0 saturated carbocycles. The highest BCUT2D eigenvalue weighted by Crippen LogP contribution is 2.26. The highest BCUT2D eigenvalue weighted by Gasteiger charge is 2.29. The fourth-order valence-electron chi connectivity index (χ4n) is 3.34. The predicted octanol–water partition coefficient (Wildman–Crippen LogP) is 3.20. The summed E-state index contributed by atoms with van der Waals surface area (Å²) in [6.07, 6.45) is 6.22. The Hall–Kier alpha value is -2.41. The van der Waals surface area contributed by atoms with Crippen LogP contribution in [0, 0.1) is 5.92 Å². The van der Waals surface area contributed by atoms with Crippen molar-refractivity contribution in [2.45, 2.75) is 6.42 Å². The van der Waals surface area contributed by atoms with E-state index in [0.717, 1.165) is 24.2 Å². The van der Waals surface area contributed by atoms with Crippen LogP contribution in [0.2, 0.25) is 0 Å². The van der Waals surface area contributed by atoms with Crippen LogP contribution in [-0.4, -0.2) is 45.2 Å². The topological polar surface area (TPSA) is 77.0 Å². The Morgan fingerprint density at radius 3 is 2.57 bits per heavy atom. The molecule has 1 unspecified atom stereocenters. The van der Waals surface area contributed by atoms with Crippen LogP contribution in [0.4, 0.5) is 0 Å². The van der Waals surface area contributed by atoms with Crippen LogP contribution in [0.5, 0.6) is 0 Å². The van der Waals surface area contributed by atoms with Crippen LogP contribution in [0.25, 0.3) is 16.9 Å². The maximum atomic E-state index is 13.2. The van der Waals surface area contributed by atoms with E-state index >= 15 is 0 Å². The number of rotatable bonds is 4. The van der Waals surface area contributed by atoms with Gasteiger partial charge in [-0.05, 0) is 43.1 Å². The molecule has 3 aromatic rings. The van der Waals surface area contributed by atoms with Crippen LogP contribution in [0.15, 0.2) is 61.1 Å². The SMILES string of the molecule is Cl.Cl.NCC1CCN(C(=O)c2cn(-c3ccccc3)nc2-c2cccnc2)C1. The van der Waals surface area contributed by atoms with Gasteiger partial charge in [-0.15, -0.1) is 24.8 Å². The van der Waals surface area contributed by atoms with Gasteiger partial charge in [0, 0.05) is 37.2 Å². The maximum Gasteiger partial charge on any atom is 0.257 e. The molecule has 0 bridgehead atoms. The molecule has 1 fully saturated rings. The van der Waals surface area contributed by atoms with Crippen LogP contribution in [0.3, 0.4) is 0 Å². The number of hydrogen-bond acceptors (Lipinski definition) is 4. The molecule has 1 aliphatic rings. The molecule has 28 heavy (non-hydrogen) atoms. The van der Waals surface area contributed by atoms with E-state index in [-0.39, 0.29) is 30.7 Å². The summed E-state index contributed by atoms with van der Waals surface area (Å²) in [4.78, 5) is 19.2. The Bertz CT molecular complexity index is 901. The number of para-hydroxylation sites is 1. The maximum absolute atomic E-state index is 13.2. The Labute approximate surface area is 176 Å². The summed E-state index contributed by atoms with van der Waals surface area (Å²) in [7, 11) is 0. The van der Waals surface area contributed by atoms with Gasteiger partial charge >= 0.3 is 0 Å². The van der Waals surface area contributed by atoms with Crippen molar-refractivity contribution in [3.63, 3.8) is 0 Å². The minimum atomic E-state index is 0. The van der Waals surface area contributed by atoms with Crippen molar-refractivity contribution in [1.82, 2.24) is 19.7 Å². The number of nitrogens with two attached hydrogens (primary N) is 1. The summed E-state index contributed by atoms with van der Waals surface area (Å²) in [5, 5.41) is 4.69. The van der Waals surface area contributed by atoms with Crippen molar-refractivity contribution >= 4 is 30.7 Å². The molecule has 1 amide bonds. The van der Waals surface area contributed by atoms with Crippen molar-refractivity contribution in [3.8, 4) is 16.9 Å². The second-order valence-corrected chi connectivity index (χ2v) is 6.55. The third-order valence-electron chi connectivity index (χ3n) is 4.81. The monoisotopic (exact) mass is 419 g/mol. The summed E-state index contributed by atoms with van der Waals surface area (Å²) in [6, 6.07) is 13.6. The van der Waals surface area contributed by atoms with Crippen LogP contribution >= 0.6 is 24.8 Å². The normalized spacial score (nSPS) is 15.6. The molecular weight excluding hydrogens is 397 g/mol. The van der Waals surface area contributed by atoms with Crippen molar-refractivity contribution < 1.29 is 4.79 Å². The molecule has 2 aromatic heterocycles. The fraction of sp³-hybridized carbons (Fsp3) is 0.250. The fourth-order valence-corrected chi connectivity index (χ4v) is 3.34. The van der Waals surface area contributed by atoms with Crippen LogP contribution in [-0.2, 0) is 0 Å². The number of pyridine rings is 1. The zero-order valence-electron chi connectivity index (χ0n) is 15.3. The minimum Gasteiger partial charge on any atom is -0.338 e. The number of likely N-dealkylation sites (tertiary alicyclic amines) is 1. The third kappa shape index (κ3) is 4.35. The number of aromatic nitrogens is 3. The Balaban J connectivity index is 0.00000140. The summed E-state index contributed by atoms with van der Waals surface area (Å²) >= 11 is 0. The van der Waals surface area contributed by atoms with E-state index < -0.39 is 0 Å². The van der Waals surface area contributed by atoms with Gasteiger partial charge in [-0.1, -0.05) is 18.2 Å². The Morgan fingerprint density at radius 2 is 1.93 bits per heavy atom. The first-order valence-electron chi connectivity index (χ1n) is 8.81. The zero-order chi connectivity index (χ0) is 17.9. The molecule has 3 heterocycles. The van der Waals surface area contributed by atoms with Crippen molar-refractivity contribution in [3.05, 3.63) is 66.6 Å². The first-order valence-corrected chi connectivity index (χ1v) is 8.81. The number of hydrogen-bond donors (Lipinski definition) is 1. The van der Waals surface area contributed by atoms with Crippen LogP contribution in [0.1, 0.15) is 16.8 Å². The zero-order valence-corrected chi connectivity index (χ0v) is 16.9. The van der Waals surface area contributed by atoms with Gasteiger partial charge in [-0.3, -0.25) is 9.78 Å². The molecule has 6 nitrogen and oxygen atoms in total. The Kier molecular flexibility index (Phi) is 7.57. The summed E-state index contributed by atoms with van der Waals surface area (Å²) in [5.74, 6) is 0.381. The standard InChI is InChI=1S/C20H21N5O.2ClH/c21-11-15-8-10-24(13-15)20(26)18-14-25(17-6-2-1-3-7-17)23-19(18)16-5-4-9-22-12-16;;/h1-7,9,12,14-15H,8,10-11,13,21H2;2*1H. The molecule has 4 rings (SSSR count). The largest absolute Gasteiger partial charge is 0.338 e. The van der Waals surface area contributed by atoms with Gasteiger partial charge in [0.2, 0.25) is 0 Å². The van der Waals surface area contributed by atoms with Crippen LogP contribution < -0.4 is 5.73 Å². The lowest BCUT2D eigenvalue weighted by Crippen LogP contribution is -2.30. The average Bonchev–Trinajstić information content (AvgIpc) is 3.36. The van der Waals surface area contributed by atoms with Gasteiger partial charge in [0.1, 0.15) is 5.69 Å². The Morgan fingerprint density at radius 1 is 1.14 bits per heavy atom. The second-order valence-electron chi connectivity index (χ2n) is 6.55. The second kappa shape index (κ2) is 9.68. The number of benzene rings is 1. The van der Waals surface area contributed by atoms with Gasteiger partial charge in [0.05, 0.1) is 11.3 Å².